The van der Waals surface area contributed by atoms with Crippen LogP contribution >= 0.6 is 0 Å². The monoisotopic (exact) mass is 517 g/mol. The molecule has 0 radical (unpaired) electrons. The van der Waals surface area contributed by atoms with E-state index in [-0.39, 0.29) is 6.61 Å². The maximum Gasteiger partial charge on any atom is 0.345 e. The molecule has 0 N–H and O–H groups in total. The molecule has 1 aliphatic rings. The third kappa shape index (κ3) is 5.86. The number of hydrogen-bond donors (Lipinski definition) is 0. The standard InChI is InChI=1S/C31H27F2O3S/c32-24-19-25(33)21-29(20-24)37(27-11-5-2-6-12-27)28-15-13-26(14-16-28)35-22-30(34)36-31(17-7-8-18-31)23-9-3-1-4-10-23/h1-6,9-16,19-21H,7-8,17-18,22H2/q+1. The van der Waals surface area contributed by atoms with Crippen LogP contribution in [0.15, 0.2) is 118 Å². The maximum atomic E-state index is 14.0. The lowest BCUT2D eigenvalue weighted by Crippen LogP contribution is -2.31. The Kier molecular flexibility index (Phi) is 7.56. The topological polar surface area (TPSA) is 35.5 Å². The number of halogens is 2. The molecule has 1 fully saturated rings. The highest BCUT2D eigenvalue weighted by molar-refractivity contribution is 7.97. The number of rotatable bonds is 8. The highest BCUT2D eigenvalue weighted by atomic mass is 32.2. The zero-order valence-electron chi connectivity index (χ0n) is 20.2. The lowest BCUT2D eigenvalue weighted by Gasteiger charge is -2.29. The lowest BCUT2D eigenvalue weighted by atomic mass is 9.92. The van der Waals surface area contributed by atoms with E-state index < -0.39 is 34.1 Å². The quantitative estimate of drug-likeness (QED) is 0.180. The maximum absolute atomic E-state index is 14.0. The van der Waals surface area contributed by atoms with Gasteiger partial charge in [0, 0.05) is 18.2 Å². The van der Waals surface area contributed by atoms with Gasteiger partial charge in [-0.15, -0.1) is 0 Å². The third-order valence-corrected chi connectivity index (χ3v) is 8.68. The van der Waals surface area contributed by atoms with Crippen molar-refractivity contribution in [1.82, 2.24) is 0 Å². The van der Waals surface area contributed by atoms with Crippen LogP contribution in [0.5, 0.6) is 5.75 Å². The van der Waals surface area contributed by atoms with Crippen LogP contribution in [0.25, 0.3) is 0 Å². The summed E-state index contributed by atoms with van der Waals surface area (Å²) in [6.07, 6.45) is 3.64. The fraction of sp³-hybridized carbons (Fsp3) is 0.194. The van der Waals surface area contributed by atoms with Crippen LogP contribution in [0.1, 0.15) is 31.2 Å². The van der Waals surface area contributed by atoms with Gasteiger partial charge in [-0.2, -0.15) is 0 Å². The van der Waals surface area contributed by atoms with Crippen molar-refractivity contribution < 1.29 is 23.0 Å². The predicted octanol–water partition coefficient (Wildman–Crippen LogP) is 7.45. The first kappa shape index (κ1) is 25.0. The summed E-state index contributed by atoms with van der Waals surface area (Å²) in [5.74, 6) is -1.12. The molecule has 0 aliphatic heterocycles. The van der Waals surface area contributed by atoms with Crippen LogP contribution in [-0.2, 0) is 26.0 Å². The molecule has 1 saturated carbocycles. The number of esters is 1. The van der Waals surface area contributed by atoms with Crippen molar-refractivity contribution >= 4 is 16.9 Å². The molecule has 0 aromatic heterocycles. The second-order valence-electron chi connectivity index (χ2n) is 9.03. The van der Waals surface area contributed by atoms with Gasteiger partial charge in [-0.05, 0) is 67.6 Å². The molecule has 1 aliphatic carbocycles. The van der Waals surface area contributed by atoms with E-state index in [4.69, 9.17) is 9.47 Å². The lowest BCUT2D eigenvalue weighted by molar-refractivity contribution is -0.163. The summed E-state index contributed by atoms with van der Waals surface area (Å²) in [7, 11) is -0.714. The smallest absolute Gasteiger partial charge is 0.345 e. The molecule has 0 saturated heterocycles. The molecule has 1 unspecified atom stereocenters. The van der Waals surface area contributed by atoms with E-state index in [1.165, 1.54) is 12.1 Å². The van der Waals surface area contributed by atoms with E-state index in [0.29, 0.717) is 10.6 Å². The summed E-state index contributed by atoms with van der Waals surface area (Å²) in [6.45, 7) is -0.201. The van der Waals surface area contributed by atoms with Gasteiger partial charge in [0.25, 0.3) is 0 Å². The second kappa shape index (κ2) is 11.2. The summed E-state index contributed by atoms with van der Waals surface area (Å²) in [4.78, 5) is 15.1. The van der Waals surface area contributed by atoms with Crippen LogP contribution < -0.4 is 4.74 Å². The Bertz CT molecular complexity index is 1320. The Morgan fingerprint density at radius 1 is 0.730 bits per heavy atom. The molecule has 0 spiro atoms. The van der Waals surface area contributed by atoms with E-state index in [1.54, 1.807) is 12.1 Å². The average molecular weight is 518 g/mol. The molecule has 1 atom stereocenters. The van der Waals surface area contributed by atoms with Gasteiger partial charge in [0.05, 0.1) is 10.9 Å². The van der Waals surface area contributed by atoms with Gasteiger partial charge in [0.1, 0.15) is 23.0 Å². The van der Waals surface area contributed by atoms with Crippen molar-refractivity contribution in [3.05, 3.63) is 120 Å². The Balaban J connectivity index is 1.30. The van der Waals surface area contributed by atoms with Crippen LogP contribution in [0.3, 0.4) is 0 Å². The minimum atomic E-state index is -0.714. The highest BCUT2D eigenvalue weighted by Gasteiger charge is 2.39. The zero-order valence-corrected chi connectivity index (χ0v) is 21.1. The fourth-order valence-electron chi connectivity index (χ4n) is 4.81. The summed E-state index contributed by atoms with van der Waals surface area (Å²) in [5.41, 5.74) is 0.433. The predicted molar refractivity (Wildman–Crippen MR) is 140 cm³/mol. The molecule has 4 aromatic carbocycles. The van der Waals surface area contributed by atoms with Crippen molar-refractivity contribution in [2.24, 2.45) is 0 Å². The van der Waals surface area contributed by atoms with E-state index >= 15 is 0 Å². The Morgan fingerprint density at radius 3 is 1.92 bits per heavy atom. The van der Waals surface area contributed by atoms with Crippen LogP contribution in [-0.4, -0.2) is 12.6 Å². The van der Waals surface area contributed by atoms with Crippen molar-refractivity contribution in [3.63, 3.8) is 0 Å². The van der Waals surface area contributed by atoms with Crippen molar-refractivity contribution in [3.8, 4) is 5.75 Å². The van der Waals surface area contributed by atoms with E-state index in [9.17, 15) is 13.6 Å². The molecule has 0 bridgehead atoms. The van der Waals surface area contributed by atoms with Gasteiger partial charge in [-0.1, -0.05) is 48.5 Å². The Hall–Kier alpha value is -3.64. The highest BCUT2D eigenvalue weighted by Crippen LogP contribution is 2.42. The molecule has 4 aromatic rings. The second-order valence-corrected chi connectivity index (χ2v) is 11.1. The van der Waals surface area contributed by atoms with Crippen LogP contribution in [0.4, 0.5) is 8.78 Å². The number of carbonyl (C=O) groups excluding carboxylic acids is 1. The molecule has 6 heteroatoms. The van der Waals surface area contributed by atoms with Gasteiger partial charge in [-0.25, -0.2) is 13.6 Å². The minimum absolute atomic E-state index is 0.201. The van der Waals surface area contributed by atoms with Crippen molar-refractivity contribution in [2.45, 2.75) is 46.0 Å². The molecule has 37 heavy (non-hydrogen) atoms. The van der Waals surface area contributed by atoms with E-state index in [1.807, 2.05) is 72.8 Å². The molecule has 5 rings (SSSR count). The van der Waals surface area contributed by atoms with Gasteiger partial charge in [0.2, 0.25) is 0 Å². The molecule has 0 heterocycles. The normalized spacial score (nSPS) is 15.2. The summed E-state index contributed by atoms with van der Waals surface area (Å²) >= 11 is 0. The largest absolute Gasteiger partial charge is 0.482 e. The SMILES string of the molecule is O=C(COc1ccc([S+](c2ccccc2)c2cc(F)cc(F)c2)cc1)OC1(c2ccccc2)CCCC1. The van der Waals surface area contributed by atoms with Gasteiger partial charge in [-0.3, -0.25) is 0 Å². The number of carbonyl (C=O) groups is 1. The molecular weight excluding hydrogens is 490 g/mol. The van der Waals surface area contributed by atoms with Crippen LogP contribution in [0.2, 0.25) is 0 Å². The molecule has 0 amide bonds. The third-order valence-electron chi connectivity index (χ3n) is 6.49. The van der Waals surface area contributed by atoms with Crippen molar-refractivity contribution in [1.29, 1.82) is 0 Å². The summed E-state index contributed by atoms with van der Waals surface area (Å²) in [5, 5.41) is 0. The number of benzene rings is 4. The van der Waals surface area contributed by atoms with E-state index in [2.05, 4.69) is 0 Å². The first-order valence-electron chi connectivity index (χ1n) is 12.3. The first-order chi connectivity index (χ1) is 18.0. The van der Waals surface area contributed by atoms with Gasteiger partial charge < -0.3 is 9.47 Å². The van der Waals surface area contributed by atoms with Gasteiger partial charge >= 0.3 is 5.97 Å². The summed E-state index contributed by atoms with van der Waals surface area (Å²) in [6, 6.07) is 30.4. The molecule has 3 nitrogen and oxygen atoms in total. The number of ether oxygens (including phenoxy) is 2. The average Bonchev–Trinajstić information content (AvgIpc) is 3.39. The van der Waals surface area contributed by atoms with Gasteiger partial charge in [0.15, 0.2) is 21.3 Å². The van der Waals surface area contributed by atoms with Crippen molar-refractivity contribution in [2.75, 3.05) is 6.61 Å². The minimum Gasteiger partial charge on any atom is -0.482 e. The molecular formula is C31H27F2O3S+. The van der Waals surface area contributed by atoms with E-state index in [0.717, 1.165) is 47.1 Å². The Labute approximate surface area is 218 Å². The summed E-state index contributed by atoms with van der Waals surface area (Å²) < 4.78 is 39.8. The fourth-order valence-corrected chi connectivity index (χ4v) is 6.93. The van der Waals surface area contributed by atoms with Crippen LogP contribution in [0, 0.1) is 11.6 Å². The number of hydrogen-bond acceptors (Lipinski definition) is 3. The first-order valence-corrected chi connectivity index (χ1v) is 13.5. The Morgan fingerprint density at radius 2 is 1.30 bits per heavy atom. The zero-order chi connectivity index (χ0) is 25.7. The molecule has 188 valence electrons.